The van der Waals surface area contributed by atoms with Crippen LogP contribution >= 0.6 is 0 Å². The standard InChI is InChI=1S/C11H18N4/c1-8-9(2)14-11(7-13-8)15-5-3-10(12)4-6-15/h7,10H,3-6,12H2,1-2H3. The Kier molecular flexibility index (Phi) is 2.86. The van der Waals surface area contributed by atoms with Crippen LogP contribution in [0.15, 0.2) is 6.20 Å². The molecule has 1 aliphatic rings. The number of rotatable bonds is 1. The first-order valence-electron chi connectivity index (χ1n) is 5.47. The van der Waals surface area contributed by atoms with Crippen molar-refractivity contribution in [2.24, 2.45) is 5.73 Å². The van der Waals surface area contributed by atoms with Gasteiger partial charge in [0.2, 0.25) is 0 Å². The average Bonchev–Trinajstić information content (AvgIpc) is 2.23. The van der Waals surface area contributed by atoms with Crippen molar-refractivity contribution in [2.45, 2.75) is 32.7 Å². The van der Waals surface area contributed by atoms with Gasteiger partial charge >= 0.3 is 0 Å². The minimum absolute atomic E-state index is 0.362. The van der Waals surface area contributed by atoms with Gasteiger partial charge in [0.1, 0.15) is 5.82 Å². The lowest BCUT2D eigenvalue weighted by Crippen LogP contribution is -2.40. The Morgan fingerprint density at radius 1 is 1.27 bits per heavy atom. The second kappa shape index (κ2) is 4.14. The van der Waals surface area contributed by atoms with Crippen LogP contribution in [0.4, 0.5) is 5.82 Å². The first-order chi connectivity index (χ1) is 7.16. The van der Waals surface area contributed by atoms with E-state index < -0.39 is 0 Å². The molecule has 1 aromatic rings. The molecule has 82 valence electrons. The summed E-state index contributed by atoms with van der Waals surface area (Å²) >= 11 is 0. The Labute approximate surface area is 90.5 Å². The molecule has 0 amide bonds. The zero-order valence-electron chi connectivity index (χ0n) is 9.40. The van der Waals surface area contributed by atoms with Crippen LogP contribution in [0, 0.1) is 13.8 Å². The summed E-state index contributed by atoms with van der Waals surface area (Å²) in [6, 6.07) is 0.362. The van der Waals surface area contributed by atoms with Gasteiger partial charge in [0, 0.05) is 19.1 Å². The molecule has 0 aliphatic carbocycles. The van der Waals surface area contributed by atoms with E-state index in [0.717, 1.165) is 43.1 Å². The van der Waals surface area contributed by atoms with Crippen molar-refractivity contribution in [1.82, 2.24) is 9.97 Å². The summed E-state index contributed by atoms with van der Waals surface area (Å²) in [6.45, 7) is 5.98. The van der Waals surface area contributed by atoms with Crippen molar-refractivity contribution in [3.05, 3.63) is 17.6 Å². The Morgan fingerprint density at radius 2 is 1.93 bits per heavy atom. The highest BCUT2D eigenvalue weighted by atomic mass is 15.2. The van der Waals surface area contributed by atoms with Gasteiger partial charge in [0.25, 0.3) is 0 Å². The maximum absolute atomic E-state index is 5.87. The fourth-order valence-corrected chi connectivity index (χ4v) is 1.81. The number of piperidine rings is 1. The summed E-state index contributed by atoms with van der Waals surface area (Å²) in [5.74, 6) is 0.991. The number of anilines is 1. The number of hydrogen-bond donors (Lipinski definition) is 1. The molecule has 0 aromatic carbocycles. The fourth-order valence-electron chi connectivity index (χ4n) is 1.81. The minimum Gasteiger partial charge on any atom is -0.355 e. The number of hydrogen-bond acceptors (Lipinski definition) is 4. The molecule has 1 fully saturated rings. The van der Waals surface area contributed by atoms with Crippen molar-refractivity contribution in [1.29, 1.82) is 0 Å². The Morgan fingerprint density at radius 3 is 2.53 bits per heavy atom. The van der Waals surface area contributed by atoms with E-state index in [2.05, 4.69) is 14.9 Å². The van der Waals surface area contributed by atoms with E-state index in [4.69, 9.17) is 5.73 Å². The monoisotopic (exact) mass is 206 g/mol. The highest BCUT2D eigenvalue weighted by Gasteiger charge is 2.17. The zero-order chi connectivity index (χ0) is 10.8. The van der Waals surface area contributed by atoms with E-state index in [0.29, 0.717) is 6.04 Å². The van der Waals surface area contributed by atoms with Crippen LogP contribution in [-0.2, 0) is 0 Å². The molecule has 2 rings (SSSR count). The molecule has 0 atom stereocenters. The third-order valence-electron chi connectivity index (χ3n) is 3.04. The molecular weight excluding hydrogens is 188 g/mol. The van der Waals surface area contributed by atoms with Gasteiger partial charge in [0.05, 0.1) is 17.6 Å². The number of nitrogens with two attached hydrogens (primary N) is 1. The van der Waals surface area contributed by atoms with E-state index in [-0.39, 0.29) is 0 Å². The van der Waals surface area contributed by atoms with E-state index in [9.17, 15) is 0 Å². The zero-order valence-corrected chi connectivity index (χ0v) is 9.40. The van der Waals surface area contributed by atoms with Crippen molar-refractivity contribution in [2.75, 3.05) is 18.0 Å². The summed E-state index contributed by atoms with van der Waals surface area (Å²) in [4.78, 5) is 11.1. The van der Waals surface area contributed by atoms with Crippen LogP contribution in [0.3, 0.4) is 0 Å². The normalized spacial score (nSPS) is 18.2. The van der Waals surface area contributed by atoms with Gasteiger partial charge in [-0.1, -0.05) is 0 Å². The molecule has 4 nitrogen and oxygen atoms in total. The van der Waals surface area contributed by atoms with Crippen molar-refractivity contribution in [3.63, 3.8) is 0 Å². The molecular formula is C11H18N4. The number of aromatic nitrogens is 2. The van der Waals surface area contributed by atoms with Gasteiger partial charge in [-0.25, -0.2) is 4.98 Å². The highest BCUT2D eigenvalue weighted by molar-refractivity contribution is 5.38. The maximum Gasteiger partial charge on any atom is 0.147 e. The van der Waals surface area contributed by atoms with E-state index in [1.165, 1.54) is 0 Å². The van der Waals surface area contributed by atoms with Gasteiger partial charge in [-0.05, 0) is 26.7 Å². The third kappa shape index (κ3) is 2.26. The predicted molar refractivity (Wildman–Crippen MR) is 60.9 cm³/mol. The van der Waals surface area contributed by atoms with Gasteiger partial charge in [-0.2, -0.15) is 0 Å². The van der Waals surface area contributed by atoms with Gasteiger partial charge in [0.15, 0.2) is 0 Å². The van der Waals surface area contributed by atoms with Crippen LogP contribution < -0.4 is 10.6 Å². The van der Waals surface area contributed by atoms with Crippen LogP contribution in [0.25, 0.3) is 0 Å². The predicted octanol–water partition coefficient (Wildman–Crippen LogP) is 1.02. The fraction of sp³-hybridized carbons (Fsp3) is 0.636. The van der Waals surface area contributed by atoms with E-state index in [1.54, 1.807) is 0 Å². The molecule has 0 spiro atoms. The average molecular weight is 206 g/mol. The largest absolute Gasteiger partial charge is 0.355 e. The SMILES string of the molecule is Cc1ncc(N2CCC(N)CC2)nc1C. The molecule has 4 heteroatoms. The summed E-state index contributed by atoms with van der Waals surface area (Å²) < 4.78 is 0. The Bertz CT molecular complexity index is 342. The summed E-state index contributed by atoms with van der Waals surface area (Å²) in [6.07, 6.45) is 3.96. The summed E-state index contributed by atoms with van der Waals surface area (Å²) in [5, 5.41) is 0. The summed E-state index contributed by atoms with van der Waals surface area (Å²) in [5.41, 5.74) is 7.89. The molecule has 1 saturated heterocycles. The first kappa shape index (κ1) is 10.4. The quantitative estimate of drug-likeness (QED) is 0.745. The molecule has 1 aliphatic heterocycles. The van der Waals surface area contributed by atoms with E-state index in [1.807, 2.05) is 20.0 Å². The summed E-state index contributed by atoms with van der Waals surface area (Å²) in [7, 11) is 0. The van der Waals surface area contributed by atoms with Crippen LogP contribution in [0.5, 0.6) is 0 Å². The lowest BCUT2D eigenvalue weighted by atomic mass is 10.1. The second-order valence-electron chi connectivity index (χ2n) is 4.22. The molecule has 0 bridgehead atoms. The van der Waals surface area contributed by atoms with E-state index >= 15 is 0 Å². The van der Waals surface area contributed by atoms with Gasteiger partial charge < -0.3 is 10.6 Å². The lowest BCUT2D eigenvalue weighted by Gasteiger charge is -2.31. The Hall–Kier alpha value is -1.16. The maximum atomic E-state index is 5.87. The topological polar surface area (TPSA) is 55.0 Å². The second-order valence-corrected chi connectivity index (χ2v) is 4.22. The smallest absolute Gasteiger partial charge is 0.147 e. The van der Waals surface area contributed by atoms with Crippen molar-refractivity contribution >= 4 is 5.82 Å². The number of nitrogens with zero attached hydrogens (tertiary/aromatic N) is 3. The molecule has 0 radical (unpaired) electrons. The van der Waals surface area contributed by atoms with Gasteiger partial charge in [-0.3, -0.25) is 4.98 Å². The molecule has 2 heterocycles. The molecule has 2 N–H and O–H groups in total. The molecule has 0 saturated carbocycles. The van der Waals surface area contributed by atoms with Gasteiger partial charge in [-0.15, -0.1) is 0 Å². The first-order valence-corrected chi connectivity index (χ1v) is 5.47. The van der Waals surface area contributed by atoms with Crippen LogP contribution in [0.1, 0.15) is 24.2 Å². The van der Waals surface area contributed by atoms with Crippen LogP contribution in [0.2, 0.25) is 0 Å². The number of aryl methyl sites for hydroxylation is 2. The molecule has 15 heavy (non-hydrogen) atoms. The minimum atomic E-state index is 0.362. The lowest BCUT2D eigenvalue weighted by molar-refractivity contribution is 0.498. The van der Waals surface area contributed by atoms with Crippen LogP contribution in [-0.4, -0.2) is 29.1 Å². The third-order valence-corrected chi connectivity index (χ3v) is 3.04. The molecule has 1 aromatic heterocycles. The Balaban J connectivity index is 2.12. The molecule has 0 unspecified atom stereocenters. The van der Waals surface area contributed by atoms with Crippen molar-refractivity contribution < 1.29 is 0 Å². The highest BCUT2D eigenvalue weighted by Crippen LogP contribution is 2.17. The van der Waals surface area contributed by atoms with Crippen molar-refractivity contribution in [3.8, 4) is 0 Å².